The van der Waals surface area contributed by atoms with Gasteiger partial charge in [0.2, 0.25) is 0 Å². The predicted octanol–water partition coefficient (Wildman–Crippen LogP) is 4.35. The first-order valence-electron chi connectivity index (χ1n) is 7.35. The number of rotatable bonds is 2. The molecule has 0 aromatic rings. The zero-order valence-corrected chi connectivity index (χ0v) is 10.5. The molecular weight excluding hydrogens is 196 g/mol. The molecule has 0 heterocycles. The molecule has 2 aliphatic rings. The molecule has 0 bridgehead atoms. The quantitative estimate of drug-likeness (QED) is 0.635. The Hall–Kier alpha value is -0.330. The molecule has 2 rings (SSSR count). The molecule has 0 saturated heterocycles. The minimum absolute atomic E-state index is 0.393. The summed E-state index contributed by atoms with van der Waals surface area (Å²) in [4.78, 5) is 10.7. The summed E-state index contributed by atoms with van der Waals surface area (Å²) in [6, 6.07) is 0. The summed E-state index contributed by atoms with van der Waals surface area (Å²) >= 11 is 0. The lowest BCUT2D eigenvalue weighted by Gasteiger charge is -2.33. The van der Waals surface area contributed by atoms with E-state index in [2.05, 4.69) is 0 Å². The third kappa shape index (κ3) is 3.33. The highest BCUT2D eigenvalue weighted by atomic mass is 16.1. The summed E-state index contributed by atoms with van der Waals surface area (Å²) in [5.74, 6) is 2.34. The van der Waals surface area contributed by atoms with Gasteiger partial charge in [0.15, 0.2) is 0 Å². The molecule has 0 amide bonds. The third-order valence-electron chi connectivity index (χ3n) is 4.83. The molecule has 0 atom stereocenters. The molecule has 0 radical (unpaired) electrons. The molecule has 0 unspecified atom stereocenters. The Balaban J connectivity index is 1.79. The predicted molar refractivity (Wildman–Crippen MR) is 67.3 cm³/mol. The Morgan fingerprint density at radius 3 is 1.69 bits per heavy atom. The average molecular weight is 222 g/mol. The van der Waals surface area contributed by atoms with Crippen molar-refractivity contribution >= 4 is 6.29 Å². The fourth-order valence-electron chi connectivity index (χ4n) is 3.71. The van der Waals surface area contributed by atoms with Crippen molar-refractivity contribution in [1.82, 2.24) is 0 Å². The van der Waals surface area contributed by atoms with E-state index in [9.17, 15) is 4.79 Å². The van der Waals surface area contributed by atoms with Crippen molar-refractivity contribution in [3.63, 3.8) is 0 Å². The minimum atomic E-state index is 0.393. The summed E-state index contributed by atoms with van der Waals surface area (Å²) in [6.07, 6.45) is 16.4. The van der Waals surface area contributed by atoms with Gasteiger partial charge in [-0.1, -0.05) is 44.9 Å². The first-order valence-corrected chi connectivity index (χ1v) is 7.35. The van der Waals surface area contributed by atoms with Gasteiger partial charge >= 0.3 is 0 Å². The van der Waals surface area contributed by atoms with E-state index in [-0.39, 0.29) is 0 Å². The lowest BCUT2D eigenvalue weighted by molar-refractivity contribution is -0.112. The second kappa shape index (κ2) is 6.42. The van der Waals surface area contributed by atoms with Crippen LogP contribution in [-0.2, 0) is 4.79 Å². The van der Waals surface area contributed by atoms with E-state index in [0.29, 0.717) is 5.92 Å². The molecule has 1 nitrogen and oxygen atoms in total. The highest BCUT2D eigenvalue weighted by molar-refractivity contribution is 5.53. The van der Waals surface area contributed by atoms with Crippen molar-refractivity contribution in [3.8, 4) is 0 Å². The summed E-state index contributed by atoms with van der Waals surface area (Å²) in [6.45, 7) is 0. The zero-order valence-electron chi connectivity index (χ0n) is 10.5. The van der Waals surface area contributed by atoms with Crippen LogP contribution in [0, 0.1) is 17.8 Å². The van der Waals surface area contributed by atoms with Gasteiger partial charge in [0.25, 0.3) is 0 Å². The molecule has 0 aliphatic heterocycles. The lowest BCUT2D eigenvalue weighted by Crippen LogP contribution is -2.23. The standard InChI is InChI=1S/C15H26O/c16-12-13-8-10-15(11-9-13)14-6-4-2-1-3-5-7-14/h12-15H,1-11H2. The van der Waals surface area contributed by atoms with Gasteiger partial charge in [-0.3, -0.25) is 0 Å². The molecule has 92 valence electrons. The van der Waals surface area contributed by atoms with Gasteiger partial charge in [0.1, 0.15) is 6.29 Å². The third-order valence-corrected chi connectivity index (χ3v) is 4.83. The Labute approximate surface area is 100.0 Å². The monoisotopic (exact) mass is 222 g/mol. The number of aldehydes is 1. The van der Waals surface area contributed by atoms with E-state index in [4.69, 9.17) is 0 Å². The van der Waals surface area contributed by atoms with Crippen molar-refractivity contribution in [2.24, 2.45) is 17.8 Å². The number of carbonyl (C=O) groups excluding carboxylic acids is 1. The smallest absolute Gasteiger partial charge is 0.123 e. The van der Waals surface area contributed by atoms with Crippen LogP contribution < -0.4 is 0 Å². The molecule has 16 heavy (non-hydrogen) atoms. The molecule has 2 aliphatic carbocycles. The van der Waals surface area contributed by atoms with Crippen LogP contribution in [0.5, 0.6) is 0 Å². The second-order valence-electron chi connectivity index (χ2n) is 5.92. The first-order chi connectivity index (χ1) is 7.90. The molecule has 0 N–H and O–H groups in total. The van der Waals surface area contributed by atoms with Gasteiger partial charge in [-0.2, -0.15) is 0 Å². The maximum Gasteiger partial charge on any atom is 0.123 e. The second-order valence-corrected chi connectivity index (χ2v) is 5.92. The fraction of sp³-hybridized carbons (Fsp3) is 0.933. The Morgan fingerprint density at radius 2 is 1.12 bits per heavy atom. The van der Waals surface area contributed by atoms with Crippen LogP contribution in [0.3, 0.4) is 0 Å². The summed E-state index contributed by atoms with van der Waals surface area (Å²) in [7, 11) is 0. The molecule has 1 heteroatoms. The topological polar surface area (TPSA) is 17.1 Å². The highest BCUT2D eigenvalue weighted by Crippen LogP contribution is 2.38. The lowest BCUT2D eigenvalue weighted by atomic mass is 9.72. The van der Waals surface area contributed by atoms with Gasteiger partial charge < -0.3 is 4.79 Å². The van der Waals surface area contributed by atoms with E-state index in [1.54, 1.807) is 0 Å². The Bertz CT molecular complexity index is 195. The van der Waals surface area contributed by atoms with Crippen LogP contribution >= 0.6 is 0 Å². The van der Waals surface area contributed by atoms with E-state index in [1.807, 2.05) is 0 Å². The van der Waals surface area contributed by atoms with Crippen molar-refractivity contribution in [2.75, 3.05) is 0 Å². The fourth-order valence-corrected chi connectivity index (χ4v) is 3.71. The normalized spacial score (nSPS) is 34.0. The van der Waals surface area contributed by atoms with Crippen LogP contribution in [0.15, 0.2) is 0 Å². The highest BCUT2D eigenvalue weighted by Gasteiger charge is 2.27. The van der Waals surface area contributed by atoms with Gasteiger partial charge in [0, 0.05) is 5.92 Å². The molecule has 2 fully saturated rings. The molecular formula is C15H26O. The zero-order chi connectivity index (χ0) is 11.2. The summed E-state index contributed by atoms with van der Waals surface area (Å²) in [5, 5.41) is 0. The van der Waals surface area contributed by atoms with E-state index >= 15 is 0 Å². The van der Waals surface area contributed by atoms with Gasteiger partial charge in [0.05, 0.1) is 0 Å². The van der Waals surface area contributed by atoms with Crippen molar-refractivity contribution in [1.29, 1.82) is 0 Å². The number of carbonyl (C=O) groups is 1. The van der Waals surface area contributed by atoms with Crippen molar-refractivity contribution < 1.29 is 4.79 Å². The number of hydrogen-bond donors (Lipinski definition) is 0. The van der Waals surface area contributed by atoms with E-state index in [0.717, 1.165) is 11.8 Å². The van der Waals surface area contributed by atoms with Crippen LogP contribution in [-0.4, -0.2) is 6.29 Å². The molecule has 0 spiro atoms. The van der Waals surface area contributed by atoms with Gasteiger partial charge in [-0.25, -0.2) is 0 Å². The van der Waals surface area contributed by atoms with Crippen molar-refractivity contribution in [2.45, 2.75) is 70.6 Å². The Morgan fingerprint density at radius 1 is 0.625 bits per heavy atom. The average Bonchev–Trinajstić information content (AvgIpc) is 2.29. The maximum atomic E-state index is 10.7. The van der Waals surface area contributed by atoms with Crippen LogP contribution in [0.2, 0.25) is 0 Å². The van der Waals surface area contributed by atoms with E-state index in [1.165, 1.54) is 76.9 Å². The van der Waals surface area contributed by atoms with Crippen LogP contribution in [0.1, 0.15) is 70.6 Å². The van der Waals surface area contributed by atoms with Gasteiger partial charge in [-0.05, 0) is 37.5 Å². The van der Waals surface area contributed by atoms with Crippen LogP contribution in [0.25, 0.3) is 0 Å². The van der Waals surface area contributed by atoms with E-state index < -0.39 is 0 Å². The van der Waals surface area contributed by atoms with Crippen molar-refractivity contribution in [3.05, 3.63) is 0 Å². The SMILES string of the molecule is O=CC1CCC(C2CCCCCCC2)CC1. The minimum Gasteiger partial charge on any atom is -0.303 e. The van der Waals surface area contributed by atoms with Crippen LogP contribution in [0.4, 0.5) is 0 Å². The summed E-state index contributed by atoms with van der Waals surface area (Å²) in [5.41, 5.74) is 0. The molecule has 2 saturated carbocycles. The summed E-state index contributed by atoms with van der Waals surface area (Å²) < 4.78 is 0. The molecule has 0 aromatic carbocycles. The maximum absolute atomic E-state index is 10.7. The van der Waals surface area contributed by atoms with Gasteiger partial charge in [-0.15, -0.1) is 0 Å². The Kier molecular flexibility index (Phi) is 4.87. The first kappa shape index (κ1) is 12.1. The number of hydrogen-bond acceptors (Lipinski definition) is 1. The molecule has 0 aromatic heterocycles. The largest absolute Gasteiger partial charge is 0.303 e.